The second kappa shape index (κ2) is 6.04. The fourth-order valence-corrected chi connectivity index (χ4v) is 4.07. The van der Waals surface area contributed by atoms with Gasteiger partial charge in [-0.25, -0.2) is 4.52 Å². The summed E-state index contributed by atoms with van der Waals surface area (Å²) in [4.78, 5) is 0. The molecule has 4 heterocycles. The van der Waals surface area contributed by atoms with Crippen molar-refractivity contribution in [2.45, 2.75) is 25.8 Å². The molecule has 3 aromatic rings. The van der Waals surface area contributed by atoms with E-state index < -0.39 is 0 Å². The summed E-state index contributed by atoms with van der Waals surface area (Å²) >= 11 is 3.58. The Morgan fingerprint density at radius 2 is 2.08 bits per heavy atom. The van der Waals surface area contributed by atoms with Crippen molar-refractivity contribution >= 4 is 21.4 Å². The van der Waals surface area contributed by atoms with Crippen LogP contribution in [0.2, 0.25) is 0 Å². The van der Waals surface area contributed by atoms with Crippen LogP contribution >= 0.6 is 15.9 Å². The average molecular weight is 385 g/mol. The highest BCUT2D eigenvalue weighted by Gasteiger charge is 2.20. The Labute approximate surface area is 148 Å². The van der Waals surface area contributed by atoms with Gasteiger partial charge in [0.1, 0.15) is 6.07 Å². The second-order valence-corrected chi connectivity index (χ2v) is 6.96. The molecule has 1 saturated heterocycles. The lowest BCUT2D eigenvalue weighted by atomic mass is 10.1. The smallest absolute Gasteiger partial charge is 0.103 e. The summed E-state index contributed by atoms with van der Waals surface area (Å²) in [6.45, 7) is 4.20. The van der Waals surface area contributed by atoms with Crippen molar-refractivity contribution in [1.29, 1.82) is 5.26 Å². The van der Waals surface area contributed by atoms with Gasteiger partial charge in [-0.05, 0) is 54.9 Å². The molecular formula is C17H17BrN6. The van der Waals surface area contributed by atoms with E-state index >= 15 is 0 Å². The van der Waals surface area contributed by atoms with Gasteiger partial charge in [-0.3, -0.25) is 4.68 Å². The third kappa shape index (κ3) is 2.43. The molecule has 1 fully saturated rings. The predicted molar refractivity (Wildman–Crippen MR) is 94.7 cm³/mol. The molecule has 0 bridgehead atoms. The van der Waals surface area contributed by atoms with Gasteiger partial charge in [0.2, 0.25) is 0 Å². The first kappa shape index (κ1) is 15.4. The largest absolute Gasteiger partial charge is 0.317 e. The monoisotopic (exact) mass is 384 g/mol. The highest BCUT2D eigenvalue weighted by Crippen LogP contribution is 2.31. The van der Waals surface area contributed by atoms with Crippen molar-refractivity contribution in [3.63, 3.8) is 0 Å². The maximum atomic E-state index is 9.18. The maximum Gasteiger partial charge on any atom is 0.103 e. The zero-order chi connectivity index (χ0) is 16.7. The fourth-order valence-electron chi connectivity index (χ4n) is 3.43. The Balaban J connectivity index is 1.78. The highest BCUT2D eigenvalue weighted by molar-refractivity contribution is 9.10. The van der Waals surface area contributed by atoms with Gasteiger partial charge in [0.25, 0.3) is 0 Å². The first-order valence-corrected chi connectivity index (χ1v) is 8.80. The van der Waals surface area contributed by atoms with Gasteiger partial charge in [-0.2, -0.15) is 15.5 Å². The number of hydrogen-bond acceptors (Lipinski definition) is 4. The summed E-state index contributed by atoms with van der Waals surface area (Å²) in [6.07, 6.45) is 7.69. The summed E-state index contributed by atoms with van der Waals surface area (Å²) in [7, 11) is 0. The summed E-state index contributed by atoms with van der Waals surface area (Å²) in [6, 6.07) is 4.67. The molecule has 0 atom stereocenters. The van der Waals surface area contributed by atoms with E-state index in [0.29, 0.717) is 11.6 Å². The van der Waals surface area contributed by atoms with Crippen LogP contribution < -0.4 is 5.32 Å². The van der Waals surface area contributed by atoms with Crippen LogP contribution in [0.15, 0.2) is 29.1 Å². The summed E-state index contributed by atoms with van der Waals surface area (Å²) in [5.74, 6) is 0. The van der Waals surface area contributed by atoms with Crippen LogP contribution in [0.1, 0.15) is 30.1 Å². The number of halogens is 1. The molecule has 0 amide bonds. The molecule has 122 valence electrons. The minimum Gasteiger partial charge on any atom is -0.317 e. The number of nitrogens with one attached hydrogen (secondary N) is 1. The van der Waals surface area contributed by atoms with Crippen LogP contribution in [0.4, 0.5) is 0 Å². The maximum absolute atomic E-state index is 9.18. The van der Waals surface area contributed by atoms with E-state index in [0.717, 1.165) is 47.0 Å². The Morgan fingerprint density at radius 1 is 1.29 bits per heavy atom. The topological polar surface area (TPSA) is 70.9 Å². The van der Waals surface area contributed by atoms with Crippen LogP contribution in [-0.2, 0) is 0 Å². The number of piperidine rings is 1. The van der Waals surface area contributed by atoms with Crippen molar-refractivity contribution in [2.24, 2.45) is 0 Å². The summed E-state index contributed by atoms with van der Waals surface area (Å²) in [5.41, 5.74) is 4.67. The van der Waals surface area contributed by atoms with Gasteiger partial charge in [0.15, 0.2) is 0 Å². The molecule has 0 spiro atoms. The molecular weight excluding hydrogens is 368 g/mol. The number of nitriles is 1. The zero-order valence-corrected chi connectivity index (χ0v) is 14.9. The van der Waals surface area contributed by atoms with Crippen LogP contribution in [0, 0.1) is 18.3 Å². The molecule has 0 saturated carbocycles. The van der Waals surface area contributed by atoms with Crippen LogP contribution in [0.5, 0.6) is 0 Å². The van der Waals surface area contributed by atoms with Gasteiger partial charge in [0, 0.05) is 27.5 Å². The van der Waals surface area contributed by atoms with E-state index in [-0.39, 0.29) is 0 Å². The average Bonchev–Trinajstić information content (AvgIpc) is 3.19. The van der Waals surface area contributed by atoms with Gasteiger partial charge < -0.3 is 5.32 Å². The minimum atomic E-state index is 0.460. The Hall–Kier alpha value is -2.17. The Kier molecular flexibility index (Phi) is 3.87. The number of hydrogen-bond donors (Lipinski definition) is 1. The molecule has 3 aromatic heterocycles. The van der Waals surface area contributed by atoms with Gasteiger partial charge in [0.05, 0.1) is 29.5 Å². The third-order valence-electron chi connectivity index (χ3n) is 4.70. The van der Waals surface area contributed by atoms with Crippen LogP contribution in [0.25, 0.3) is 16.6 Å². The van der Waals surface area contributed by atoms with Crippen molar-refractivity contribution in [2.75, 3.05) is 13.1 Å². The molecule has 6 nitrogen and oxygen atoms in total. The van der Waals surface area contributed by atoms with Gasteiger partial charge in [-0.1, -0.05) is 0 Å². The van der Waals surface area contributed by atoms with E-state index in [2.05, 4.69) is 49.1 Å². The van der Waals surface area contributed by atoms with E-state index in [4.69, 9.17) is 0 Å². The zero-order valence-electron chi connectivity index (χ0n) is 13.3. The van der Waals surface area contributed by atoms with Gasteiger partial charge in [-0.15, -0.1) is 0 Å². The van der Waals surface area contributed by atoms with Gasteiger partial charge >= 0.3 is 0 Å². The lowest BCUT2D eigenvalue weighted by molar-refractivity contribution is 0.338. The van der Waals surface area contributed by atoms with Crippen LogP contribution in [-0.4, -0.2) is 32.5 Å². The fraction of sp³-hybridized carbons (Fsp3) is 0.353. The quantitative estimate of drug-likeness (QED) is 0.736. The van der Waals surface area contributed by atoms with Crippen molar-refractivity contribution < 1.29 is 0 Å². The number of fused-ring (bicyclic) bond motifs is 1. The highest BCUT2D eigenvalue weighted by atomic mass is 79.9. The number of aromatic nitrogens is 4. The first-order chi connectivity index (χ1) is 11.7. The van der Waals surface area contributed by atoms with Crippen molar-refractivity contribution in [3.05, 3.63) is 40.4 Å². The van der Waals surface area contributed by atoms with E-state index in [9.17, 15) is 5.26 Å². The minimum absolute atomic E-state index is 0.460. The molecule has 0 aromatic carbocycles. The molecule has 0 radical (unpaired) electrons. The lowest BCUT2D eigenvalue weighted by Gasteiger charge is -2.24. The SMILES string of the molecule is Cc1c(-c2cc(Br)c3c(C#N)cnn3c2)cnn1C1CCNCC1. The van der Waals surface area contributed by atoms with Crippen molar-refractivity contribution in [1.82, 2.24) is 24.7 Å². The molecule has 7 heteroatoms. The Bertz CT molecular complexity index is 942. The standard InChI is InChI=1S/C17H17BrN6/c1-11-15(9-22-24(11)14-2-4-20-5-3-14)12-6-16(18)17-13(7-19)8-21-23(17)10-12/h6,8-10,14,20H,2-5H2,1H3. The van der Waals surface area contributed by atoms with Crippen LogP contribution in [0.3, 0.4) is 0 Å². The molecule has 1 N–H and O–H groups in total. The number of pyridine rings is 1. The Morgan fingerprint density at radius 3 is 2.83 bits per heavy atom. The lowest BCUT2D eigenvalue weighted by Crippen LogP contribution is -2.30. The van der Waals surface area contributed by atoms with E-state index in [1.165, 1.54) is 5.69 Å². The number of rotatable bonds is 2. The normalized spacial score (nSPS) is 15.7. The number of nitrogens with zero attached hydrogens (tertiary/aromatic N) is 5. The third-order valence-corrected chi connectivity index (χ3v) is 5.30. The summed E-state index contributed by atoms with van der Waals surface area (Å²) < 4.78 is 4.76. The van der Waals surface area contributed by atoms with E-state index in [1.807, 2.05) is 18.5 Å². The summed E-state index contributed by atoms with van der Waals surface area (Å²) in [5, 5.41) is 21.5. The van der Waals surface area contributed by atoms with Crippen molar-refractivity contribution in [3.8, 4) is 17.2 Å². The predicted octanol–water partition coefficient (Wildman–Crippen LogP) is 3.06. The molecule has 1 aliphatic rings. The molecule has 24 heavy (non-hydrogen) atoms. The molecule has 4 rings (SSSR count). The first-order valence-electron chi connectivity index (χ1n) is 8.01. The van der Waals surface area contributed by atoms with E-state index in [1.54, 1.807) is 10.7 Å². The molecule has 1 aliphatic heterocycles. The second-order valence-electron chi connectivity index (χ2n) is 6.11. The molecule has 0 unspecified atom stereocenters. The molecule has 0 aliphatic carbocycles.